The molecule has 0 amide bonds. The van der Waals surface area contributed by atoms with Gasteiger partial charge in [0.2, 0.25) is 0 Å². The van der Waals surface area contributed by atoms with E-state index in [1.54, 1.807) is 29.9 Å². The lowest BCUT2D eigenvalue weighted by molar-refractivity contribution is 0.0993. The number of aromatic nitrogens is 2. The molecule has 1 aromatic carbocycles. The summed E-state index contributed by atoms with van der Waals surface area (Å²) in [6, 6.07) is 3.11. The normalized spacial score (nSPS) is 14.2. The molecule has 0 aliphatic heterocycles. The molecule has 0 bridgehead atoms. The average Bonchev–Trinajstić information content (AvgIpc) is 3.32. The number of nitrogens with zero attached hydrogens (tertiary/aromatic N) is 2. The summed E-state index contributed by atoms with van der Waals surface area (Å²) in [5.74, 6) is -2.41. The van der Waals surface area contributed by atoms with Crippen LogP contribution in [0.1, 0.15) is 40.6 Å². The maximum absolute atomic E-state index is 13.6. The van der Waals surface area contributed by atoms with E-state index in [0.29, 0.717) is 34.9 Å². The maximum Gasteiger partial charge on any atom is 0.263 e. The fourth-order valence-corrected chi connectivity index (χ4v) is 6.12. The van der Waals surface area contributed by atoms with Gasteiger partial charge in [-0.1, -0.05) is 11.8 Å². The number of thiophene rings is 1. The van der Waals surface area contributed by atoms with E-state index in [4.69, 9.17) is 9.72 Å². The van der Waals surface area contributed by atoms with Gasteiger partial charge in [-0.3, -0.25) is 14.2 Å². The van der Waals surface area contributed by atoms with Gasteiger partial charge in [0.15, 0.2) is 22.6 Å². The summed E-state index contributed by atoms with van der Waals surface area (Å²) in [6.07, 6.45) is 3.54. The second kappa shape index (κ2) is 9.18. The molecule has 9 heteroatoms. The maximum atomic E-state index is 13.6. The van der Waals surface area contributed by atoms with Crippen molar-refractivity contribution >= 4 is 39.1 Å². The third kappa shape index (κ3) is 4.31. The van der Waals surface area contributed by atoms with Crippen LogP contribution in [0.3, 0.4) is 0 Å². The van der Waals surface area contributed by atoms with Crippen LogP contribution in [0.2, 0.25) is 0 Å². The SMILES string of the molecule is COCCCn1c(S[C@H](C)C(=O)c2ccc(F)c(F)c2)nc2sc3c(c2c1=O)CCC3. The number of aryl methyl sites for hydroxylation is 2. The molecule has 164 valence electrons. The molecule has 0 saturated heterocycles. The summed E-state index contributed by atoms with van der Waals surface area (Å²) in [6.45, 7) is 2.60. The molecule has 0 radical (unpaired) electrons. The highest BCUT2D eigenvalue weighted by Gasteiger charge is 2.25. The molecule has 0 saturated carbocycles. The Morgan fingerprint density at radius 1 is 1.32 bits per heavy atom. The number of hydrogen-bond acceptors (Lipinski definition) is 6. The second-order valence-corrected chi connectivity index (χ2v) is 9.88. The van der Waals surface area contributed by atoms with Crippen LogP contribution in [0.25, 0.3) is 10.2 Å². The van der Waals surface area contributed by atoms with E-state index in [1.807, 2.05) is 0 Å². The van der Waals surface area contributed by atoms with Crippen LogP contribution in [-0.4, -0.2) is 34.3 Å². The Labute approximate surface area is 186 Å². The summed E-state index contributed by atoms with van der Waals surface area (Å²) in [5, 5.41) is 0.519. The Hall–Kier alpha value is -2.10. The first kappa shape index (κ1) is 22.1. The first-order valence-corrected chi connectivity index (χ1v) is 11.8. The van der Waals surface area contributed by atoms with Crippen LogP contribution in [0, 0.1) is 11.6 Å². The highest BCUT2D eigenvalue weighted by atomic mass is 32.2. The Bertz CT molecular complexity index is 1210. The van der Waals surface area contributed by atoms with Gasteiger partial charge in [0.25, 0.3) is 5.56 Å². The van der Waals surface area contributed by atoms with Gasteiger partial charge in [-0.2, -0.15) is 0 Å². The smallest absolute Gasteiger partial charge is 0.263 e. The number of Topliss-reactive ketones (excluding diaryl/α,β-unsaturated/α-hetero) is 1. The van der Waals surface area contributed by atoms with Crippen molar-refractivity contribution in [2.45, 2.75) is 49.6 Å². The molecule has 2 heterocycles. The van der Waals surface area contributed by atoms with Gasteiger partial charge in [0.05, 0.1) is 10.6 Å². The number of carbonyl (C=O) groups excluding carboxylic acids is 1. The molecule has 1 aliphatic rings. The molecular weight excluding hydrogens is 442 g/mol. The largest absolute Gasteiger partial charge is 0.385 e. The quantitative estimate of drug-likeness (QED) is 0.211. The number of ketones is 1. The van der Waals surface area contributed by atoms with Crippen molar-refractivity contribution in [3.05, 3.63) is 56.2 Å². The predicted octanol–water partition coefficient (Wildman–Crippen LogP) is 4.62. The van der Waals surface area contributed by atoms with Gasteiger partial charge in [0.1, 0.15) is 4.83 Å². The number of halogens is 2. The van der Waals surface area contributed by atoms with Crippen molar-refractivity contribution in [1.29, 1.82) is 0 Å². The monoisotopic (exact) mass is 464 g/mol. The minimum absolute atomic E-state index is 0.0864. The molecule has 4 rings (SSSR count). The molecular formula is C22H22F2N2O3S2. The zero-order valence-corrected chi connectivity index (χ0v) is 18.9. The lowest BCUT2D eigenvalue weighted by Crippen LogP contribution is -2.25. The van der Waals surface area contributed by atoms with Gasteiger partial charge < -0.3 is 4.74 Å². The first-order chi connectivity index (χ1) is 14.9. The van der Waals surface area contributed by atoms with E-state index >= 15 is 0 Å². The van der Waals surface area contributed by atoms with Crippen LogP contribution >= 0.6 is 23.1 Å². The molecule has 5 nitrogen and oxygen atoms in total. The number of methoxy groups -OCH3 is 1. The lowest BCUT2D eigenvalue weighted by atomic mass is 10.1. The topological polar surface area (TPSA) is 61.2 Å². The van der Waals surface area contributed by atoms with Crippen molar-refractivity contribution < 1.29 is 18.3 Å². The summed E-state index contributed by atoms with van der Waals surface area (Å²) in [4.78, 5) is 32.8. The van der Waals surface area contributed by atoms with E-state index < -0.39 is 16.9 Å². The highest BCUT2D eigenvalue weighted by Crippen LogP contribution is 2.36. The van der Waals surface area contributed by atoms with Crippen molar-refractivity contribution in [2.75, 3.05) is 13.7 Å². The first-order valence-electron chi connectivity index (χ1n) is 10.1. The van der Waals surface area contributed by atoms with Crippen LogP contribution in [-0.2, 0) is 24.1 Å². The third-order valence-electron chi connectivity index (χ3n) is 5.38. The van der Waals surface area contributed by atoms with Crippen molar-refractivity contribution in [1.82, 2.24) is 9.55 Å². The fraction of sp³-hybridized carbons (Fsp3) is 0.409. The van der Waals surface area contributed by atoms with Crippen LogP contribution in [0.5, 0.6) is 0 Å². The molecule has 0 spiro atoms. The Kier molecular flexibility index (Phi) is 6.55. The molecule has 1 atom stereocenters. The van der Waals surface area contributed by atoms with E-state index in [1.165, 1.54) is 10.9 Å². The van der Waals surface area contributed by atoms with Crippen molar-refractivity contribution in [2.24, 2.45) is 0 Å². The molecule has 0 fully saturated rings. The van der Waals surface area contributed by atoms with E-state index in [-0.39, 0.29) is 16.9 Å². The average molecular weight is 465 g/mol. The number of fused-ring (bicyclic) bond motifs is 3. The molecule has 3 aromatic rings. The zero-order valence-electron chi connectivity index (χ0n) is 17.2. The molecule has 2 aromatic heterocycles. The van der Waals surface area contributed by atoms with Gasteiger partial charge in [-0.05, 0) is 56.4 Å². The number of thioether (sulfide) groups is 1. The number of rotatable bonds is 8. The third-order valence-corrected chi connectivity index (χ3v) is 7.65. The fourth-order valence-electron chi connectivity index (χ4n) is 3.81. The summed E-state index contributed by atoms with van der Waals surface area (Å²) in [5.41, 5.74) is 1.11. The summed E-state index contributed by atoms with van der Waals surface area (Å²) >= 11 is 2.71. The van der Waals surface area contributed by atoms with Crippen molar-refractivity contribution in [3.8, 4) is 0 Å². The predicted molar refractivity (Wildman–Crippen MR) is 118 cm³/mol. The molecule has 1 aliphatic carbocycles. The minimum atomic E-state index is -1.06. The summed E-state index contributed by atoms with van der Waals surface area (Å²) < 4.78 is 33.5. The Morgan fingerprint density at radius 3 is 2.87 bits per heavy atom. The number of carbonyl (C=O) groups is 1. The van der Waals surface area contributed by atoms with E-state index in [2.05, 4.69) is 0 Å². The second-order valence-electron chi connectivity index (χ2n) is 7.49. The van der Waals surface area contributed by atoms with Gasteiger partial charge in [-0.15, -0.1) is 11.3 Å². The van der Waals surface area contributed by atoms with Crippen LogP contribution in [0.4, 0.5) is 8.78 Å². The van der Waals surface area contributed by atoms with Gasteiger partial charge in [-0.25, -0.2) is 13.8 Å². The molecule has 0 unspecified atom stereocenters. The lowest BCUT2D eigenvalue weighted by Gasteiger charge is -2.15. The van der Waals surface area contributed by atoms with Gasteiger partial charge in [0, 0.05) is 30.7 Å². The highest BCUT2D eigenvalue weighted by molar-refractivity contribution is 8.00. The minimum Gasteiger partial charge on any atom is -0.385 e. The standard InChI is InChI=1S/C22H22F2N2O3S2/c1-12(19(27)13-7-8-15(23)16(24)11-13)30-22-25-20-18(14-5-3-6-17(14)31-20)21(28)26(22)9-4-10-29-2/h7-8,11-12H,3-6,9-10H2,1-2H3/t12-/m1/s1. The Morgan fingerprint density at radius 2 is 2.13 bits per heavy atom. The van der Waals surface area contributed by atoms with E-state index in [9.17, 15) is 18.4 Å². The van der Waals surface area contributed by atoms with Crippen molar-refractivity contribution in [3.63, 3.8) is 0 Å². The zero-order chi connectivity index (χ0) is 22.1. The van der Waals surface area contributed by atoms with Crippen LogP contribution < -0.4 is 5.56 Å². The number of hydrogen-bond donors (Lipinski definition) is 0. The molecule has 31 heavy (non-hydrogen) atoms. The van der Waals surface area contributed by atoms with Crippen LogP contribution in [0.15, 0.2) is 28.2 Å². The van der Waals surface area contributed by atoms with E-state index in [0.717, 1.165) is 48.7 Å². The number of benzene rings is 1. The number of ether oxygens (including phenoxy) is 1. The van der Waals surface area contributed by atoms with Gasteiger partial charge >= 0.3 is 0 Å². The summed E-state index contributed by atoms with van der Waals surface area (Å²) in [7, 11) is 1.61. The molecule has 0 N–H and O–H groups in total. The Balaban J connectivity index is 1.69.